The van der Waals surface area contributed by atoms with E-state index in [9.17, 15) is 9.59 Å². The smallest absolute Gasteiger partial charge is 0.228 e. The van der Waals surface area contributed by atoms with Crippen LogP contribution < -0.4 is 5.32 Å². The van der Waals surface area contributed by atoms with Gasteiger partial charge in [0.2, 0.25) is 5.91 Å². The second kappa shape index (κ2) is 9.38. The fourth-order valence-electron chi connectivity index (χ4n) is 4.00. The maximum absolute atomic E-state index is 12.7. The summed E-state index contributed by atoms with van der Waals surface area (Å²) in [6.07, 6.45) is 8.58. The molecular formula is C20H26BrNO3S. The van der Waals surface area contributed by atoms with Crippen LogP contribution in [0.25, 0.3) is 0 Å². The summed E-state index contributed by atoms with van der Waals surface area (Å²) in [6, 6.07) is 5.77. The van der Waals surface area contributed by atoms with Gasteiger partial charge in [0.1, 0.15) is 0 Å². The molecule has 6 heteroatoms. The number of halogens is 1. The number of hydrogen-bond donors (Lipinski definition) is 2. The van der Waals surface area contributed by atoms with Gasteiger partial charge in [0, 0.05) is 22.0 Å². The molecule has 0 bridgehead atoms. The Hall–Kier alpha value is -0.850. The Morgan fingerprint density at radius 2 is 1.73 bits per heavy atom. The third-order valence-corrected chi connectivity index (χ3v) is 6.62. The zero-order valence-electron chi connectivity index (χ0n) is 14.9. The Labute approximate surface area is 169 Å². The third-order valence-electron chi connectivity index (χ3n) is 5.51. The van der Waals surface area contributed by atoms with E-state index < -0.39 is 0 Å². The van der Waals surface area contributed by atoms with E-state index in [-0.39, 0.29) is 22.9 Å². The molecule has 2 atom stereocenters. The molecule has 0 aliphatic heterocycles. The first kappa shape index (κ1) is 19.9. The Morgan fingerprint density at radius 3 is 2.42 bits per heavy atom. The molecular weight excluding hydrogens is 414 g/mol. The lowest BCUT2D eigenvalue weighted by atomic mass is 9.79. The van der Waals surface area contributed by atoms with Crippen molar-refractivity contribution in [1.29, 1.82) is 0 Å². The molecule has 1 aromatic carbocycles. The molecule has 2 saturated carbocycles. The van der Waals surface area contributed by atoms with E-state index in [2.05, 4.69) is 33.9 Å². The van der Waals surface area contributed by atoms with Crippen molar-refractivity contribution in [3.63, 3.8) is 0 Å². The molecule has 1 aromatic rings. The van der Waals surface area contributed by atoms with Crippen LogP contribution in [0.1, 0.15) is 56.9 Å². The number of anilines is 1. The first-order valence-corrected chi connectivity index (χ1v) is 10.7. The molecule has 142 valence electrons. The van der Waals surface area contributed by atoms with Crippen LogP contribution in [-0.4, -0.2) is 17.1 Å². The van der Waals surface area contributed by atoms with Crippen LogP contribution in [0.4, 0.5) is 5.69 Å². The normalized spacial score (nSPS) is 23.8. The second-order valence-corrected chi connectivity index (χ2v) is 8.64. The van der Waals surface area contributed by atoms with Gasteiger partial charge in [-0.05, 0) is 49.4 Å². The van der Waals surface area contributed by atoms with E-state index in [1.807, 2.05) is 18.2 Å². The molecule has 2 fully saturated rings. The summed E-state index contributed by atoms with van der Waals surface area (Å²) in [7, 11) is 0. The molecule has 1 amide bonds. The number of nitrogens with one attached hydrogen (secondary N) is 1. The van der Waals surface area contributed by atoms with E-state index in [1.165, 1.54) is 12.8 Å². The van der Waals surface area contributed by atoms with E-state index in [4.69, 9.17) is 4.74 Å². The standard InChI is InChI=1S/C20H26BrNO3S/c21-18-10-9-14(11-13(18)12-25-15-5-1-2-6-15)22-19(23)16-7-3-4-8-17(16)20(24)26/h9-11,15-17H,1-8,12H2,(H,22,23)(H,24,26)/t16-,17?/m0/s1. The topological polar surface area (TPSA) is 55.4 Å². The van der Waals surface area contributed by atoms with Crippen LogP contribution >= 0.6 is 28.6 Å². The molecule has 2 aliphatic carbocycles. The molecule has 26 heavy (non-hydrogen) atoms. The first-order valence-electron chi connectivity index (χ1n) is 9.48. The van der Waals surface area contributed by atoms with Gasteiger partial charge < -0.3 is 10.1 Å². The van der Waals surface area contributed by atoms with E-state index >= 15 is 0 Å². The predicted molar refractivity (Wildman–Crippen MR) is 109 cm³/mol. The minimum atomic E-state index is -0.282. The number of thiol groups is 1. The number of carbonyl (C=O) groups excluding carboxylic acids is 2. The quantitative estimate of drug-likeness (QED) is 0.605. The summed E-state index contributed by atoms with van der Waals surface area (Å²) >= 11 is 7.54. The van der Waals surface area contributed by atoms with Crippen molar-refractivity contribution in [2.45, 2.75) is 64.1 Å². The molecule has 1 N–H and O–H groups in total. The average molecular weight is 440 g/mol. The summed E-state index contributed by atoms with van der Waals surface area (Å²) in [5, 5.41) is 2.82. The zero-order chi connectivity index (χ0) is 18.5. The summed E-state index contributed by atoms with van der Waals surface area (Å²) in [6.45, 7) is 0.538. The van der Waals surface area contributed by atoms with Crippen molar-refractivity contribution in [3.05, 3.63) is 28.2 Å². The van der Waals surface area contributed by atoms with Crippen LogP contribution in [0.5, 0.6) is 0 Å². The minimum absolute atomic E-state index is 0.0814. The molecule has 4 nitrogen and oxygen atoms in total. The van der Waals surface area contributed by atoms with Crippen LogP contribution in [0.15, 0.2) is 22.7 Å². The van der Waals surface area contributed by atoms with Gasteiger partial charge in [0.25, 0.3) is 0 Å². The monoisotopic (exact) mass is 439 g/mol. The second-order valence-electron chi connectivity index (χ2n) is 7.35. The van der Waals surface area contributed by atoms with Crippen molar-refractivity contribution in [3.8, 4) is 0 Å². The molecule has 2 aliphatic rings. The lowest BCUT2D eigenvalue weighted by molar-refractivity contribution is -0.128. The number of rotatable bonds is 6. The van der Waals surface area contributed by atoms with Gasteiger partial charge in [-0.2, -0.15) is 0 Å². The maximum atomic E-state index is 12.7. The Kier molecular flexibility index (Phi) is 7.18. The predicted octanol–water partition coefficient (Wildman–Crippen LogP) is 5.11. The van der Waals surface area contributed by atoms with Crippen molar-refractivity contribution in [2.24, 2.45) is 11.8 Å². The minimum Gasteiger partial charge on any atom is -0.374 e. The lowest BCUT2D eigenvalue weighted by Gasteiger charge is -2.28. The van der Waals surface area contributed by atoms with Crippen LogP contribution in [0.3, 0.4) is 0 Å². The molecule has 0 aromatic heterocycles. The maximum Gasteiger partial charge on any atom is 0.228 e. The van der Waals surface area contributed by atoms with Crippen molar-refractivity contribution >= 4 is 45.3 Å². The average Bonchev–Trinajstić information content (AvgIpc) is 3.15. The van der Waals surface area contributed by atoms with Gasteiger partial charge >= 0.3 is 0 Å². The zero-order valence-corrected chi connectivity index (χ0v) is 17.4. The Bertz CT molecular complexity index is 660. The number of hydrogen-bond acceptors (Lipinski definition) is 3. The van der Waals surface area contributed by atoms with Gasteiger partial charge in [-0.25, -0.2) is 0 Å². The van der Waals surface area contributed by atoms with Crippen LogP contribution in [-0.2, 0) is 20.9 Å². The van der Waals surface area contributed by atoms with E-state index in [0.29, 0.717) is 12.7 Å². The summed E-state index contributed by atoms with van der Waals surface area (Å²) in [5.41, 5.74) is 1.78. The fourth-order valence-corrected chi connectivity index (χ4v) is 4.67. The van der Waals surface area contributed by atoms with Crippen LogP contribution in [0.2, 0.25) is 0 Å². The number of benzene rings is 1. The third kappa shape index (κ3) is 5.11. The molecule has 0 saturated heterocycles. The van der Waals surface area contributed by atoms with Gasteiger partial charge in [-0.1, -0.05) is 41.6 Å². The highest BCUT2D eigenvalue weighted by atomic mass is 79.9. The van der Waals surface area contributed by atoms with Gasteiger partial charge in [-0.15, -0.1) is 12.6 Å². The number of carbonyl (C=O) groups is 2. The van der Waals surface area contributed by atoms with Crippen molar-refractivity contribution in [2.75, 3.05) is 5.32 Å². The van der Waals surface area contributed by atoms with Gasteiger partial charge in [0.05, 0.1) is 12.7 Å². The highest BCUT2D eigenvalue weighted by molar-refractivity contribution is 9.10. The van der Waals surface area contributed by atoms with E-state index in [0.717, 1.165) is 54.2 Å². The molecule has 0 heterocycles. The van der Waals surface area contributed by atoms with Crippen molar-refractivity contribution in [1.82, 2.24) is 0 Å². The molecule has 0 spiro atoms. The number of ether oxygens (including phenoxy) is 1. The summed E-state index contributed by atoms with van der Waals surface area (Å²) in [5.74, 6) is -0.634. The van der Waals surface area contributed by atoms with Gasteiger partial charge in [-0.3, -0.25) is 9.59 Å². The Balaban J connectivity index is 1.64. The first-order chi connectivity index (χ1) is 12.5. The lowest BCUT2D eigenvalue weighted by Crippen LogP contribution is -2.34. The Morgan fingerprint density at radius 1 is 1.08 bits per heavy atom. The SMILES string of the molecule is O=C(S)C1CCCC[C@@H]1C(=O)Nc1ccc(Br)c(COC2CCCC2)c1. The highest BCUT2D eigenvalue weighted by Crippen LogP contribution is 2.33. The molecule has 3 rings (SSSR count). The molecule has 0 radical (unpaired) electrons. The van der Waals surface area contributed by atoms with Crippen molar-refractivity contribution < 1.29 is 14.3 Å². The summed E-state index contributed by atoms with van der Waals surface area (Å²) < 4.78 is 6.98. The fraction of sp³-hybridized carbons (Fsp3) is 0.600. The van der Waals surface area contributed by atoms with Crippen LogP contribution in [0, 0.1) is 11.8 Å². The largest absolute Gasteiger partial charge is 0.374 e. The summed E-state index contributed by atoms with van der Waals surface area (Å²) in [4.78, 5) is 24.4. The van der Waals surface area contributed by atoms with E-state index in [1.54, 1.807) is 0 Å². The highest BCUT2D eigenvalue weighted by Gasteiger charge is 2.34. The van der Waals surface area contributed by atoms with Gasteiger partial charge in [0.15, 0.2) is 5.12 Å². The molecule has 1 unspecified atom stereocenters. The number of amides is 1.